The van der Waals surface area contributed by atoms with E-state index < -0.39 is 16.9 Å². The number of nitro benzene ring substituents is 1. The van der Waals surface area contributed by atoms with Crippen LogP contribution in [0.1, 0.15) is 34.7 Å². The van der Waals surface area contributed by atoms with E-state index in [2.05, 4.69) is 5.32 Å². The molecule has 0 bridgehead atoms. The quantitative estimate of drug-likeness (QED) is 0.346. The van der Waals surface area contributed by atoms with Crippen LogP contribution in [0.15, 0.2) is 72.8 Å². The summed E-state index contributed by atoms with van der Waals surface area (Å²) < 4.78 is 7.25. The van der Waals surface area contributed by atoms with Crippen molar-refractivity contribution < 1.29 is 14.5 Å². The molecule has 162 valence electrons. The largest absolute Gasteiger partial charge is 0.487 e. The van der Waals surface area contributed by atoms with Gasteiger partial charge in [-0.15, -0.1) is 0 Å². The van der Waals surface area contributed by atoms with Gasteiger partial charge >= 0.3 is 5.69 Å². The number of hydrogen-bond acceptors (Lipinski definition) is 5. The van der Waals surface area contributed by atoms with Gasteiger partial charge in [0.05, 0.1) is 22.6 Å². The van der Waals surface area contributed by atoms with Crippen molar-refractivity contribution in [3.8, 4) is 5.75 Å². The Labute approximate surface area is 184 Å². The second kappa shape index (κ2) is 8.89. The summed E-state index contributed by atoms with van der Waals surface area (Å²) in [5.74, 6) is 0.340. The van der Waals surface area contributed by atoms with Crippen LogP contribution in [-0.4, -0.2) is 27.0 Å². The number of carbonyl (C=O) groups is 1. The lowest BCUT2D eigenvalue weighted by molar-refractivity contribution is -0.385. The van der Waals surface area contributed by atoms with Crippen molar-refractivity contribution in [2.75, 3.05) is 6.61 Å². The van der Waals surface area contributed by atoms with Crippen LogP contribution in [0.25, 0.3) is 11.0 Å². The Morgan fingerprint density at radius 3 is 2.53 bits per heavy atom. The molecule has 0 aliphatic rings. The van der Waals surface area contributed by atoms with E-state index in [1.807, 2.05) is 66.2 Å². The number of amides is 1. The van der Waals surface area contributed by atoms with Crippen molar-refractivity contribution in [3.63, 3.8) is 0 Å². The van der Waals surface area contributed by atoms with Gasteiger partial charge in [0.1, 0.15) is 11.9 Å². The summed E-state index contributed by atoms with van der Waals surface area (Å²) in [5.41, 5.74) is 2.52. The third-order valence-corrected chi connectivity index (χ3v) is 5.21. The highest BCUT2D eigenvalue weighted by molar-refractivity contribution is 5.95. The van der Waals surface area contributed by atoms with Crippen molar-refractivity contribution in [3.05, 3.63) is 99.9 Å². The average molecular weight is 430 g/mol. The molecule has 1 aromatic heterocycles. The number of para-hydroxylation sites is 2. The first-order valence-electron chi connectivity index (χ1n) is 10.2. The lowest BCUT2D eigenvalue weighted by Gasteiger charge is -2.19. The number of rotatable bonds is 7. The molecule has 4 rings (SSSR count). The van der Waals surface area contributed by atoms with Crippen LogP contribution in [0.2, 0.25) is 0 Å². The van der Waals surface area contributed by atoms with E-state index in [1.54, 1.807) is 6.92 Å². The van der Waals surface area contributed by atoms with E-state index in [4.69, 9.17) is 9.72 Å². The molecule has 0 aliphatic heterocycles. The maximum absolute atomic E-state index is 13.2. The van der Waals surface area contributed by atoms with Gasteiger partial charge in [-0.2, -0.15) is 0 Å². The second-order valence-corrected chi connectivity index (χ2v) is 7.21. The smallest absolute Gasteiger partial charge is 0.311 e. The van der Waals surface area contributed by atoms with Crippen LogP contribution >= 0.6 is 0 Å². The topological polar surface area (TPSA) is 99.3 Å². The first kappa shape index (κ1) is 21.0. The van der Waals surface area contributed by atoms with Gasteiger partial charge in [0.15, 0.2) is 5.75 Å². The summed E-state index contributed by atoms with van der Waals surface area (Å²) in [6.45, 7) is 2.03. The average Bonchev–Trinajstić information content (AvgIpc) is 3.14. The molecule has 1 amide bonds. The Morgan fingerprint density at radius 2 is 1.84 bits per heavy atom. The molecule has 1 unspecified atom stereocenters. The first-order valence-corrected chi connectivity index (χ1v) is 10.2. The Morgan fingerprint density at radius 1 is 1.12 bits per heavy atom. The Balaban J connectivity index is 1.74. The van der Waals surface area contributed by atoms with Gasteiger partial charge < -0.3 is 14.6 Å². The van der Waals surface area contributed by atoms with Crippen molar-refractivity contribution in [2.24, 2.45) is 7.05 Å². The van der Waals surface area contributed by atoms with Gasteiger partial charge in [0, 0.05) is 18.7 Å². The summed E-state index contributed by atoms with van der Waals surface area (Å²) in [7, 11) is 1.90. The van der Waals surface area contributed by atoms with Crippen molar-refractivity contribution >= 4 is 22.6 Å². The van der Waals surface area contributed by atoms with Crippen LogP contribution in [0.5, 0.6) is 5.75 Å². The Bertz CT molecular complexity index is 1280. The minimum atomic E-state index is -0.554. The normalized spacial score (nSPS) is 11.8. The van der Waals surface area contributed by atoms with Gasteiger partial charge in [-0.1, -0.05) is 42.5 Å². The number of ether oxygens (including phenoxy) is 1. The maximum atomic E-state index is 13.2. The fourth-order valence-corrected chi connectivity index (χ4v) is 3.66. The Kier molecular flexibility index (Phi) is 5.85. The van der Waals surface area contributed by atoms with Gasteiger partial charge in [-0.25, -0.2) is 4.98 Å². The molecule has 0 fully saturated rings. The fraction of sp³-hybridized carbons (Fsp3) is 0.167. The van der Waals surface area contributed by atoms with E-state index in [-0.39, 0.29) is 23.6 Å². The summed E-state index contributed by atoms with van der Waals surface area (Å²) in [6.07, 6.45) is 0. The summed E-state index contributed by atoms with van der Waals surface area (Å²) in [4.78, 5) is 28.8. The van der Waals surface area contributed by atoms with E-state index >= 15 is 0 Å². The van der Waals surface area contributed by atoms with Crippen LogP contribution in [0, 0.1) is 10.1 Å². The monoisotopic (exact) mass is 430 g/mol. The second-order valence-electron chi connectivity index (χ2n) is 7.21. The molecular weight excluding hydrogens is 408 g/mol. The number of imidazole rings is 1. The fourth-order valence-electron chi connectivity index (χ4n) is 3.66. The summed E-state index contributed by atoms with van der Waals surface area (Å²) >= 11 is 0. The minimum absolute atomic E-state index is 0.129. The SMILES string of the molecule is CCOc1ccc(C(=O)NC(c2ccccc2)c2nc3ccccc3n2C)cc1[N+](=O)[O-]. The summed E-state index contributed by atoms with van der Waals surface area (Å²) in [6, 6.07) is 20.9. The van der Waals surface area contributed by atoms with Gasteiger partial charge in [0.25, 0.3) is 5.91 Å². The van der Waals surface area contributed by atoms with E-state index in [9.17, 15) is 14.9 Å². The van der Waals surface area contributed by atoms with Gasteiger partial charge in [-0.05, 0) is 36.8 Å². The highest BCUT2D eigenvalue weighted by Crippen LogP contribution is 2.29. The molecule has 3 aromatic carbocycles. The maximum Gasteiger partial charge on any atom is 0.311 e. The van der Waals surface area contributed by atoms with Crippen LogP contribution in [-0.2, 0) is 7.05 Å². The molecule has 32 heavy (non-hydrogen) atoms. The van der Waals surface area contributed by atoms with Gasteiger partial charge in [-0.3, -0.25) is 14.9 Å². The number of nitrogens with one attached hydrogen (secondary N) is 1. The minimum Gasteiger partial charge on any atom is -0.487 e. The van der Waals surface area contributed by atoms with Crippen molar-refractivity contribution in [1.82, 2.24) is 14.9 Å². The number of nitro groups is 1. The van der Waals surface area contributed by atoms with E-state index in [1.165, 1.54) is 18.2 Å². The lowest BCUT2D eigenvalue weighted by atomic mass is 10.1. The first-order chi connectivity index (χ1) is 15.5. The number of carbonyl (C=O) groups excluding carboxylic acids is 1. The Hall–Kier alpha value is -4.20. The molecule has 0 saturated heterocycles. The zero-order chi connectivity index (χ0) is 22.7. The molecule has 1 heterocycles. The lowest BCUT2D eigenvalue weighted by Crippen LogP contribution is -2.31. The highest BCUT2D eigenvalue weighted by Gasteiger charge is 2.25. The zero-order valence-corrected chi connectivity index (χ0v) is 17.7. The third kappa shape index (κ3) is 4.02. The molecule has 0 saturated carbocycles. The molecule has 0 aliphatic carbocycles. The predicted octanol–water partition coefficient (Wildman–Crippen LogP) is 4.40. The van der Waals surface area contributed by atoms with E-state index in [0.717, 1.165) is 16.6 Å². The van der Waals surface area contributed by atoms with Crippen molar-refractivity contribution in [2.45, 2.75) is 13.0 Å². The number of fused-ring (bicyclic) bond motifs is 1. The molecule has 8 heteroatoms. The van der Waals surface area contributed by atoms with Crippen LogP contribution in [0.4, 0.5) is 5.69 Å². The zero-order valence-electron chi connectivity index (χ0n) is 17.7. The molecule has 8 nitrogen and oxygen atoms in total. The third-order valence-electron chi connectivity index (χ3n) is 5.21. The standard InChI is InChI=1S/C24H22N4O4/c1-3-32-21-14-13-17(15-20(21)28(30)31)24(29)26-22(16-9-5-4-6-10-16)23-25-18-11-7-8-12-19(18)27(23)2/h4-15,22H,3H2,1-2H3,(H,26,29). The van der Waals surface area contributed by atoms with Crippen LogP contribution in [0.3, 0.4) is 0 Å². The number of hydrogen-bond donors (Lipinski definition) is 1. The molecule has 1 atom stereocenters. The van der Waals surface area contributed by atoms with Gasteiger partial charge in [0.2, 0.25) is 0 Å². The molecule has 1 N–H and O–H groups in total. The number of aryl methyl sites for hydroxylation is 1. The van der Waals surface area contributed by atoms with E-state index in [0.29, 0.717) is 5.82 Å². The molecule has 0 spiro atoms. The number of aromatic nitrogens is 2. The number of nitrogens with zero attached hydrogens (tertiary/aromatic N) is 3. The molecular formula is C24H22N4O4. The molecule has 4 aromatic rings. The summed E-state index contributed by atoms with van der Waals surface area (Å²) in [5, 5.41) is 14.5. The molecule has 0 radical (unpaired) electrons. The number of benzene rings is 3. The van der Waals surface area contributed by atoms with Crippen molar-refractivity contribution in [1.29, 1.82) is 0 Å². The van der Waals surface area contributed by atoms with Crippen LogP contribution < -0.4 is 10.1 Å². The predicted molar refractivity (Wildman–Crippen MR) is 121 cm³/mol. The highest BCUT2D eigenvalue weighted by atomic mass is 16.6.